The minimum absolute atomic E-state index is 0.461. The van der Waals surface area contributed by atoms with E-state index in [4.69, 9.17) is 40.5 Å². The number of pyridine rings is 1. The first-order valence-electron chi connectivity index (χ1n) is 4.94. The second-order valence-corrected chi connectivity index (χ2v) is 6.21. The lowest BCUT2D eigenvalue weighted by Gasteiger charge is -1.99. The lowest BCUT2D eigenvalue weighted by atomic mass is 10.3. The van der Waals surface area contributed by atoms with E-state index in [0.717, 1.165) is 4.88 Å². The molecule has 0 atom stereocenters. The van der Waals surface area contributed by atoms with Gasteiger partial charge in [-0.2, -0.15) is 0 Å². The second kappa shape index (κ2) is 4.31. The summed E-state index contributed by atoms with van der Waals surface area (Å²) in [6.45, 7) is 0. The van der Waals surface area contributed by atoms with Gasteiger partial charge in [-0.15, -0.1) is 11.3 Å². The number of nitrogens with zero attached hydrogens (tertiary/aromatic N) is 2. The molecule has 0 radical (unpaired) electrons. The van der Waals surface area contributed by atoms with E-state index in [1.54, 1.807) is 22.7 Å². The predicted octanol–water partition coefficient (Wildman–Crippen LogP) is 4.61. The normalized spacial score (nSPS) is 11.3. The van der Waals surface area contributed by atoms with E-state index in [1.807, 2.05) is 6.07 Å². The Balaban J connectivity index is 2.32. The standard InChI is InChI=1S/C11H6Cl3N3S/c12-5-3-6(13)11-16-9(10(15)17(11)4-5)7-1-2-8(14)18-7/h1-4H,15H2. The molecule has 3 heterocycles. The smallest absolute Gasteiger partial charge is 0.158 e. The van der Waals surface area contributed by atoms with Gasteiger partial charge in [0.2, 0.25) is 0 Å². The molecule has 0 fully saturated rings. The van der Waals surface area contributed by atoms with Crippen molar-refractivity contribution >= 4 is 57.6 Å². The Morgan fingerprint density at radius 3 is 2.67 bits per heavy atom. The van der Waals surface area contributed by atoms with Crippen molar-refractivity contribution in [2.24, 2.45) is 0 Å². The van der Waals surface area contributed by atoms with Gasteiger partial charge in [0.15, 0.2) is 5.65 Å². The maximum atomic E-state index is 6.09. The molecular formula is C11H6Cl3N3S. The SMILES string of the molecule is Nc1c(-c2ccc(Cl)s2)nc2c(Cl)cc(Cl)cn12. The molecule has 0 saturated carbocycles. The Hall–Kier alpha value is -0.940. The molecule has 3 aromatic heterocycles. The highest BCUT2D eigenvalue weighted by molar-refractivity contribution is 7.19. The van der Waals surface area contributed by atoms with Crippen LogP contribution in [-0.2, 0) is 0 Å². The highest BCUT2D eigenvalue weighted by atomic mass is 35.5. The summed E-state index contributed by atoms with van der Waals surface area (Å²) in [6, 6.07) is 5.32. The van der Waals surface area contributed by atoms with Crippen LogP contribution in [0.3, 0.4) is 0 Å². The topological polar surface area (TPSA) is 43.3 Å². The van der Waals surface area contributed by atoms with Crippen LogP contribution >= 0.6 is 46.1 Å². The quantitative estimate of drug-likeness (QED) is 0.712. The number of halogens is 3. The third-order valence-electron chi connectivity index (χ3n) is 2.49. The molecule has 0 aliphatic heterocycles. The van der Waals surface area contributed by atoms with Crippen molar-refractivity contribution in [1.82, 2.24) is 9.38 Å². The summed E-state index contributed by atoms with van der Waals surface area (Å²) >= 11 is 19.4. The fraction of sp³-hybridized carbons (Fsp3) is 0. The van der Waals surface area contributed by atoms with Gasteiger partial charge in [-0.25, -0.2) is 4.98 Å². The molecule has 0 spiro atoms. The Kier molecular flexibility index (Phi) is 2.90. The fourth-order valence-corrected chi connectivity index (χ4v) is 3.27. The fourth-order valence-electron chi connectivity index (χ4n) is 1.71. The summed E-state index contributed by atoms with van der Waals surface area (Å²) in [5.41, 5.74) is 7.31. The van der Waals surface area contributed by atoms with Gasteiger partial charge in [0.25, 0.3) is 0 Å². The summed E-state index contributed by atoms with van der Waals surface area (Å²) in [5.74, 6) is 0.493. The van der Waals surface area contributed by atoms with Crippen molar-refractivity contribution in [3.8, 4) is 10.6 Å². The largest absolute Gasteiger partial charge is 0.383 e. The first kappa shape index (κ1) is 12.1. The van der Waals surface area contributed by atoms with Crippen LogP contribution in [0.2, 0.25) is 14.4 Å². The van der Waals surface area contributed by atoms with Crippen LogP contribution in [0.1, 0.15) is 0 Å². The van der Waals surface area contributed by atoms with Crippen LogP contribution < -0.4 is 5.73 Å². The lowest BCUT2D eigenvalue weighted by Crippen LogP contribution is -1.93. The van der Waals surface area contributed by atoms with Gasteiger partial charge >= 0.3 is 0 Å². The van der Waals surface area contributed by atoms with E-state index >= 15 is 0 Å². The van der Waals surface area contributed by atoms with Crippen LogP contribution in [0.25, 0.3) is 16.2 Å². The number of imidazole rings is 1. The number of hydrogen-bond acceptors (Lipinski definition) is 3. The molecule has 0 aliphatic rings. The molecule has 3 rings (SSSR count). The molecule has 0 amide bonds. The summed E-state index contributed by atoms with van der Waals surface area (Å²) in [5, 5.41) is 0.968. The number of thiophene rings is 1. The molecule has 0 saturated heterocycles. The summed E-state index contributed by atoms with van der Waals surface area (Å²) in [6.07, 6.45) is 1.68. The van der Waals surface area contributed by atoms with Crippen molar-refractivity contribution in [2.75, 3.05) is 5.73 Å². The average Bonchev–Trinajstić information content (AvgIpc) is 2.85. The van der Waals surface area contributed by atoms with E-state index in [0.29, 0.717) is 31.5 Å². The lowest BCUT2D eigenvalue weighted by molar-refractivity contribution is 1.20. The zero-order valence-corrected chi connectivity index (χ0v) is 11.9. The Morgan fingerprint density at radius 2 is 2.00 bits per heavy atom. The monoisotopic (exact) mass is 317 g/mol. The number of fused-ring (bicyclic) bond motifs is 1. The predicted molar refractivity (Wildman–Crippen MR) is 77.9 cm³/mol. The zero-order valence-electron chi connectivity index (χ0n) is 8.82. The van der Waals surface area contributed by atoms with Gasteiger partial charge in [0, 0.05) is 6.20 Å². The van der Waals surface area contributed by atoms with Gasteiger partial charge in [0.05, 0.1) is 19.3 Å². The Labute approximate surface area is 122 Å². The zero-order chi connectivity index (χ0) is 12.9. The van der Waals surface area contributed by atoms with Crippen molar-refractivity contribution in [2.45, 2.75) is 0 Å². The molecule has 2 N–H and O–H groups in total. The van der Waals surface area contributed by atoms with E-state index < -0.39 is 0 Å². The van der Waals surface area contributed by atoms with Gasteiger partial charge in [-0.3, -0.25) is 4.40 Å². The average molecular weight is 319 g/mol. The van der Waals surface area contributed by atoms with Crippen molar-refractivity contribution in [3.05, 3.63) is 38.8 Å². The minimum Gasteiger partial charge on any atom is -0.383 e. The number of nitrogens with two attached hydrogens (primary N) is 1. The molecule has 92 valence electrons. The van der Waals surface area contributed by atoms with Gasteiger partial charge in [0.1, 0.15) is 11.5 Å². The van der Waals surface area contributed by atoms with Crippen molar-refractivity contribution < 1.29 is 0 Å². The first-order valence-corrected chi connectivity index (χ1v) is 6.89. The molecule has 0 aromatic carbocycles. The van der Waals surface area contributed by atoms with E-state index in [-0.39, 0.29) is 0 Å². The number of hydrogen-bond donors (Lipinski definition) is 1. The van der Waals surface area contributed by atoms with E-state index in [1.165, 1.54) is 11.3 Å². The molecule has 7 heteroatoms. The number of anilines is 1. The highest BCUT2D eigenvalue weighted by Gasteiger charge is 2.15. The van der Waals surface area contributed by atoms with Crippen LogP contribution in [0.4, 0.5) is 5.82 Å². The molecular weight excluding hydrogens is 313 g/mol. The number of nitrogen functional groups attached to an aromatic ring is 1. The second-order valence-electron chi connectivity index (χ2n) is 3.65. The van der Waals surface area contributed by atoms with Gasteiger partial charge in [-0.1, -0.05) is 34.8 Å². The maximum absolute atomic E-state index is 6.09. The maximum Gasteiger partial charge on any atom is 0.158 e. The third-order valence-corrected chi connectivity index (χ3v) is 4.21. The summed E-state index contributed by atoms with van der Waals surface area (Å²) < 4.78 is 2.36. The minimum atomic E-state index is 0.461. The first-order chi connectivity index (χ1) is 8.56. The van der Waals surface area contributed by atoms with Crippen LogP contribution in [-0.4, -0.2) is 9.38 Å². The number of rotatable bonds is 1. The van der Waals surface area contributed by atoms with E-state index in [9.17, 15) is 0 Å². The van der Waals surface area contributed by atoms with Crippen LogP contribution in [0, 0.1) is 0 Å². The van der Waals surface area contributed by atoms with Gasteiger partial charge < -0.3 is 5.73 Å². The van der Waals surface area contributed by atoms with Crippen molar-refractivity contribution in [1.29, 1.82) is 0 Å². The molecule has 3 nitrogen and oxygen atoms in total. The van der Waals surface area contributed by atoms with Gasteiger partial charge in [-0.05, 0) is 18.2 Å². The highest BCUT2D eigenvalue weighted by Crippen LogP contribution is 2.36. The number of aromatic nitrogens is 2. The Morgan fingerprint density at radius 1 is 1.22 bits per heavy atom. The summed E-state index contributed by atoms with van der Waals surface area (Å²) in [4.78, 5) is 5.33. The third kappa shape index (κ3) is 1.86. The van der Waals surface area contributed by atoms with Crippen molar-refractivity contribution in [3.63, 3.8) is 0 Å². The van der Waals surface area contributed by atoms with Crippen LogP contribution in [0.5, 0.6) is 0 Å². The molecule has 3 aromatic rings. The molecule has 18 heavy (non-hydrogen) atoms. The Bertz CT molecular complexity index is 747. The van der Waals surface area contributed by atoms with E-state index in [2.05, 4.69) is 4.98 Å². The molecule has 0 bridgehead atoms. The molecule has 0 aliphatic carbocycles. The molecule has 0 unspecified atom stereocenters. The van der Waals surface area contributed by atoms with Crippen LogP contribution in [0.15, 0.2) is 24.4 Å². The summed E-state index contributed by atoms with van der Waals surface area (Å²) in [7, 11) is 0.